The van der Waals surface area contributed by atoms with Crippen molar-refractivity contribution in [2.24, 2.45) is 5.92 Å². The predicted molar refractivity (Wildman–Crippen MR) is 103 cm³/mol. The molecule has 1 fully saturated rings. The molecule has 0 heterocycles. The molecule has 1 aliphatic carbocycles. The van der Waals surface area contributed by atoms with Crippen molar-refractivity contribution >= 4 is 21.6 Å². The van der Waals surface area contributed by atoms with E-state index in [-0.39, 0.29) is 10.9 Å². The number of nitrogens with one attached hydrogen (secondary N) is 1. The summed E-state index contributed by atoms with van der Waals surface area (Å²) in [5.41, 5.74) is 1.97. The highest BCUT2D eigenvalue weighted by Crippen LogP contribution is 2.28. The number of rotatable bonds is 4. The van der Waals surface area contributed by atoms with Crippen molar-refractivity contribution in [2.75, 3.05) is 0 Å². The Hall–Kier alpha value is -1.87. The van der Waals surface area contributed by atoms with Crippen molar-refractivity contribution in [3.05, 3.63) is 53.1 Å². The van der Waals surface area contributed by atoms with Gasteiger partial charge < -0.3 is 0 Å². The lowest BCUT2D eigenvalue weighted by atomic mass is 9.88. The fourth-order valence-electron chi connectivity index (χ4n) is 3.34. The Kier molecular flexibility index (Phi) is 5.67. The van der Waals surface area contributed by atoms with Gasteiger partial charge in [0.2, 0.25) is 10.0 Å². The van der Waals surface area contributed by atoms with E-state index < -0.39 is 10.0 Å². The van der Waals surface area contributed by atoms with Crippen LogP contribution in [0.5, 0.6) is 0 Å². The van der Waals surface area contributed by atoms with Gasteiger partial charge in [-0.05, 0) is 67.0 Å². The fourth-order valence-corrected chi connectivity index (χ4v) is 4.82. The second kappa shape index (κ2) is 7.79. The van der Waals surface area contributed by atoms with Crippen LogP contribution in [0.15, 0.2) is 47.4 Å². The van der Waals surface area contributed by atoms with Crippen LogP contribution in [0.1, 0.15) is 38.2 Å². The first-order valence-electron chi connectivity index (χ1n) is 8.71. The standard InChI is InChI=1S/C20H21ClN2O2S/c1-14-2-7-18(8-3-14)23-26(24,25)19-9-4-15(5-10-19)20-11-6-17(21)12-16(20)13-22/h4-6,9-12,14,18,23H,2-3,7-8H2,1H3/t14-,18+. The first kappa shape index (κ1) is 18.9. The summed E-state index contributed by atoms with van der Waals surface area (Å²) >= 11 is 5.93. The van der Waals surface area contributed by atoms with E-state index in [0.717, 1.165) is 36.8 Å². The molecule has 0 aliphatic heterocycles. The van der Waals surface area contributed by atoms with Crippen LogP contribution in [0.3, 0.4) is 0 Å². The summed E-state index contributed by atoms with van der Waals surface area (Å²) in [7, 11) is -3.53. The summed E-state index contributed by atoms with van der Waals surface area (Å²) in [5, 5.41) is 9.77. The minimum Gasteiger partial charge on any atom is -0.208 e. The number of sulfonamides is 1. The SMILES string of the molecule is C[C@H]1CC[C@@H](NS(=O)(=O)c2ccc(-c3ccc(Cl)cc3C#N)cc2)CC1. The van der Waals surface area contributed by atoms with Crippen LogP contribution >= 0.6 is 11.6 Å². The average molecular weight is 389 g/mol. The van der Waals surface area contributed by atoms with E-state index in [2.05, 4.69) is 17.7 Å². The number of hydrogen-bond acceptors (Lipinski definition) is 3. The third-order valence-corrected chi connectivity index (χ3v) is 6.69. The van der Waals surface area contributed by atoms with Gasteiger partial charge in [-0.3, -0.25) is 0 Å². The summed E-state index contributed by atoms with van der Waals surface area (Å²) < 4.78 is 28.1. The minimum absolute atomic E-state index is 0.0114. The molecule has 0 unspecified atom stereocenters. The summed E-state index contributed by atoms with van der Waals surface area (Å²) in [5.74, 6) is 0.670. The number of halogens is 1. The molecule has 1 saturated carbocycles. The second-order valence-corrected chi connectivity index (χ2v) is 9.05. The van der Waals surface area contributed by atoms with Gasteiger partial charge >= 0.3 is 0 Å². The van der Waals surface area contributed by atoms with E-state index in [1.54, 1.807) is 42.5 Å². The largest absolute Gasteiger partial charge is 0.240 e. The van der Waals surface area contributed by atoms with Crippen LogP contribution in [0.2, 0.25) is 5.02 Å². The van der Waals surface area contributed by atoms with Crippen LogP contribution in [0.4, 0.5) is 0 Å². The van der Waals surface area contributed by atoms with E-state index in [0.29, 0.717) is 16.5 Å². The van der Waals surface area contributed by atoms with Crippen molar-refractivity contribution in [3.8, 4) is 17.2 Å². The molecule has 0 aromatic heterocycles. The van der Waals surface area contributed by atoms with Gasteiger partial charge in [-0.2, -0.15) is 5.26 Å². The Bertz CT molecular complexity index is 925. The van der Waals surface area contributed by atoms with Crippen molar-refractivity contribution in [3.63, 3.8) is 0 Å². The normalized spacial score (nSPS) is 20.5. The number of benzene rings is 2. The Morgan fingerprint density at radius 3 is 2.35 bits per heavy atom. The van der Waals surface area contributed by atoms with Gasteiger partial charge in [0, 0.05) is 11.1 Å². The van der Waals surface area contributed by atoms with Crippen molar-refractivity contribution < 1.29 is 8.42 Å². The van der Waals surface area contributed by atoms with Gasteiger partial charge in [0.05, 0.1) is 16.5 Å². The maximum absolute atomic E-state index is 12.6. The topological polar surface area (TPSA) is 70.0 Å². The molecule has 6 heteroatoms. The van der Waals surface area contributed by atoms with Crippen LogP contribution in [0, 0.1) is 17.2 Å². The predicted octanol–water partition coefficient (Wildman–Crippen LogP) is 4.74. The van der Waals surface area contributed by atoms with Gasteiger partial charge in [-0.15, -0.1) is 0 Å². The minimum atomic E-state index is -3.53. The maximum Gasteiger partial charge on any atom is 0.240 e. The lowest BCUT2D eigenvalue weighted by molar-refractivity contribution is 0.332. The maximum atomic E-state index is 12.6. The van der Waals surface area contributed by atoms with Crippen molar-refractivity contribution in [1.82, 2.24) is 4.72 Å². The molecule has 0 bridgehead atoms. The summed E-state index contributed by atoms with van der Waals surface area (Å²) in [6.45, 7) is 2.20. The van der Waals surface area contributed by atoms with Crippen molar-refractivity contribution in [2.45, 2.75) is 43.5 Å². The highest BCUT2D eigenvalue weighted by molar-refractivity contribution is 7.89. The number of hydrogen-bond donors (Lipinski definition) is 1. The molecule has 1 N–H and O–H groups in total. The van der Waals surface area contributed by atoms with E-state index >= 15 is 0 Å². The zero-order chi connectivity index (χ0) is 18.7. The molecule has 1 aliphatic rings. The zero-order valence-corrected chi connectivity index (χ0v) is 16.1. The van der Waals surface area contributed by atoms with E-state index in [9.17, 15) is 13.7 Å². The molecule has 136 valence electrons. The molecule has 0 atom stereocenters. The Morgan fingerprint density at radius 2 is 1.73 bits per heavy atom. The molecule has 4 nitrogen and oxygen atoms in total. The average Bonchev–Trinajstić information content (AvgIpc) is 2.63. The van der Waals surface area contributed by atoms with Crippen LogP contribution < -0.4 is 4.72 Å². The Morgan fingerprint density at radius 1 is 1.08 bits per heavy atom. The molecule has 0 radical (unpaired) electrons. The molecule has 0 amide bonds. The lowest BCUT2D eigenvalue weighted by Crippen LogP contribution is -2.37. The van der Waals surface area contributed by atoms with Gasteiger partial charge in [0.1, 0.15) is 0 Å². The van der Waals surface area contributed by atoms with E-state index in [4.69, 9.17) is 11.6 Å². The van der Waals surface area contributed by atoms with Crippen LogP contribution in [-0.2, 0) is 10.0 Å². The van der Waals surface area contributed by atoms with E-state index in [1.165, 1.54) is 0 Å². The van der Waals surface area contributed by atoms with E-state index in [1.807, 2.05) is 0 Å². The van der Waals surface area contributed by atoms with Crippen LogP contribution in [0.25, 0.3) is 11.1 Å². The molecule has 0 spiro atoms. The lowest BCUT2D eigenvalue weighted by Gasteiger charge is -2.26. The molecular formula is C20H21ClN2O2S. The van der Waals surface area contributed by atoms with Gasteiger partial charge in [0.15, 0.2) is 0 Å². The Labute approximate surface area is 159 Å². The highest BCUT2D eigenvalue weighted by atomic mass is 35.5. The highest BCUT2D eigenvalue weighted by Gasteiger charge is 2.24. The monoisotopic (exact) mass is 388 g/mol. The zero-order valence-electron chi connectivity index (χ0n) is 14.6. The second-order valence-electron chi connectivity index (χ2n) is 6.90. The molecule has 2 aromatic rings. The number of nitriles is 1. The van der Waals surface area contributed by atoms with Crippen molar-refractivity contribution in [1.29, 1.82) is 5.26 Å². The molecule has 3 rings (SSSR count). The summed E-state index contributed by atoms with van der Waals surface area (Å²) in [6, 6.07) is 13.8. The first-order chi connectivity index (χ1) is 12.4. The van der Waals surface area contributed by atoms with Gasteiger partial charge in [0.25, 0.3) is 0 Å². The molecular weight excluding hydrogens is 368 g/mol. The quantitative estimate of drug-likeness (QED) is 0.822. The molecule has 2 aromatic carbocycles. The summed E-state index contributed by atoms with van der Waals surface area (Å²) in [4.78, 5) is 0.243. The number of nitrogens with zero attached hydrogens (tertiary/aromatic N) is 1. The molecule has 0 saturated heterocycles. The third-order valence-electron chi connectivity index (χ3n) is 4.92. The van der Waals surface area contributed by atoms with Gasteiger partial charge in [-0.1, -0.05) is 36.7 Å². The smallest absolute Gasteiger partial charge is 0.208 e. The third kappa shape index (κ3) is 4.27. The Balaban J connectivity index is 1.80. The first-order valence-corrected chi connectivity index (χ1v) is 10.6. The molecule has 26 heavy (non-hydrogen) atoms. The van der Waals surface area contributed by atoms with Crippen LogP contribution in [-0.4, -0.2) is 14.5 Å². The van der Waals surface area contributed by atoms with Gasteiger partial charge in [-0.25, -0.2) is 13.1 Å². The fraction of sp³-hybridized carbons (Fsp3) is 0.350. The summed E-state index contributed by atoms with van der Waals surface area (Å²) in [6.07, 6.45) is 3.88.